The van der Waals surface area contributed by atoms with E-state index in [4.69, 9.17) is 21.1 Å². The molecule has 1 heterocycles. The number of nitrogens with zero attached hydrogens (tertiary/aromatic N) is 1. The van der Waals surface area contributed by atoms with Gasteiger partial charge in [0.05, 0.1) is 23.9 Å². The van der Waals surface area contributed by atoms with Gasteiger partial charge in [0.25, 0.3) is 11.8 Å². The molecule has 1 saturated heterocycles. The number of hydrogen-bond acceptors (Lipinski definition) is 5. The molecular formula is C21H18BrClN2O5. The Morgan fingerprint density at radius 1 is 1.17 bits per heavy atom. The predicted octanol–water partition coefficient (Wildman–Crippen LogP) is 4.57. The Balaban J connectivity index is 2.00. The lowest BCUT2D eigenvalue weighted by Gasteiger charge is -2.26. The highest BCUT2D eigenvalue weighted by molar-refractivity contribution is 9.10. The van der Waals surface area contributed by atoms with Crippen LogP contribution >= 0.6 is 27.5 Å². The largest absolute Gasteiger partial charge is 0.493 e. The van der Waals surface area contributed by atoms with Gasteiger partial charge in [-0.15, -0.1) is 0 Å². The van der Waals surface area contributed by atoms with Gasteiger partial charge in [-0.05, 0) is 70.4 Å². The van der Waals surface area contributed by atoms with Crippen LogP contribution < -0.4 is 19.7 Å². The second-order valence-electron chi connectivity index (χ2n) is 6.32. The SMILES string of the molecule is CCCOc1c(Br)cc(/C=C2\C(=O)NC(=O)N(c3ccc(Cl)cc3)C2=O)cc1OC. The average Bonchev–Trinajstić information content (AvgIpc) is 2.71. The highest BCUT2D eigenvalue weighted by Crippen LogP contribution is 2.37. The van der Waals surface area contributed by atoms with Crippen molar-refractivity contribution in [3.8, 4) is 11.5 Å². The summed E-state index contributed by atoms with van der Waals surface area (Å²) in [6.07, 6.45) is 2.22. The van der Waals surface area contributed by atoms with E-state index in [0.29, 0.717) is 38.9 Å². The summed E-state index contributed by atoms with van der Waals surface area (Å²) in [7, 11) is 1.50. The topological polar surface area (TPSA) is 84.9 Å². The Labute approximate surface area is 186 Å². The van der Waals surface area contributed by atoms with Crippen molar-refractivity contribution in [2.24, 2.45) is 0 Å². The first-order valence-corrected chi connectivity index (χ1v) is 10.2. The number of ether oxygens (including phenoxy) is 2. The molecule has 1 N–H and O–H groups in total. The fraction of sp³-hybridized carbons (Fsp3) is 0.190. The second-order valence-corrected chi connectivity index (χ2v) is 7.61. The Kier molecular flexibility index (Phi) is 6.79. The van der Waals surface area contributed by atoms with Gasteiger partial charge in [-0.2, -0.15) is 0 Å². The number of rotatable bonds is 6. The third-order valence-electron chi connectivity index (χ3n) is 4.20. The van der Waals surface area contributed by atoms with Crippen LogP contribution in [0.1, 0.15) is 18.9 Å². The molecule has 2 aromatic carbocycles. The fourth-order valence-corrected chi connectivity index (χ4v) is 3.52. The summed E-state index contributed by atoms with van der Waals surface area (Å²) in [6, 6.07) is 8.66. The average molecular weight is 494 g/mol. The molecule has 0 bridgehead atoms. The third kappa shape index (κ3) is 4.49. The van der Waals surface area contributed by atoms with Gasteiger partial charge in [0.1, 0.15) is 5.57 Å². The van der Waals surface area contributed by atoms with Crippen LogP contribution in [0.15, 0.2) is 46.4 Å². The van der Waals surface area contributed by atoms with Crippen molar-refractivity contribution in [3.05, 3.63) is 57.0 Å². The normalized spacial score (nSPS) is 15.4. The van der Waals surface area contributed by atoms with Gasteiger partial charge in [0.2, 0.25) is 0 Å². The molecule has 0 spiro atoms. The van der Waals surface area contributed by atoms with Gasteiger partial charge >= 0.3 is 6.03 Å². The van der Waals surface area contributed by atoms with Crippen molar-refractivity contribution >= 4 is 57.1 Å². The van der Waals surface area contributed by atoms with Gasteiger partial charge in [0.15, 0.2) is 11.5 Å². The summed E-state index contributed by atoms with van der Waals surface area (Å²) in [6.45, 7) is 2.49. The maximum absolute atomic E-state index is 13.0. The molecule has 4 amide bonds. The van der Waals surface area contributed by atoms with E-state index in [2.05, 4.69) is 21.2 Å². The molecule has 2 aromatic rings. The van der Waals surface area contributed by atoms with Gasteiger partial charge in [-0.25, -0.2) is 9.69 Å². The van der Waals surface area contributed by atoms with Gasteiger partial charge in [0, 0.05) is 5.02 Å². The summed E-state index contributed by atoms with van der Waals surface area (Å²) in [5, 5.41) is 2.64. The maximum atomic E-state index is 13.0. The van der Waals surface area contributed by atoms with Crippen LogP contribution in [0, 0.1) is 0 Å². The number of carbonyl (C=O) groups excluding carboxylic acids is 3. The van der Waals surface area contributed by atoms with E-state index in [-0.39, 0.29) is 5.57 Å². The lowest BCUT2D eigenvalue weighted by Crippen LogP contribution is -2.54. The van der Waals surface area contributed by atoms with Gasteiger partial charge < -0.3 is 9.47 Å². The van der Waals surface area contributed by atoms with Crippen molar-refractivity contribution in [1.29, 1.82) is 0 Å². The highest BCUT2D eigenvalue weighted by Gasteiger charge is 2.36. The number of amides is 4. The number of methoxy groups -OCH3 is 1. The van der Waals surface area contributed by atoms with E-state index in [9.17, 15) is 14.4 Å². The van der Waals surface area contributed by atoms with E-state index in [1.54, 1.807) is 24.3 Å². The zero-order chi connectivity index (χ0) is 21.8. The summed E-state index contributed by atoms with van der Waals surface area (Å²) in [4.78, 5) is 38.5. The molecule has 156 valence electrons. The molecule has 0 saturated carbocycles. The Bertz CT molecular complexity index is 1040. The number of barbiturate groups is 1. The molecule has 1 aliphatic rings. The lowest BCUT2D eigenvalue weighted by molar-refractivity contribution is -0.122. The summed E-state index contributed by atoms with van der Waals surface area (Å²) in [5.74, 6) is -0.554. The molecule has 30 heavy (non-hydrogen) atoms. The van der Waals surface area contributed by atoms with Crippen molar-refractivity contribution in [2.45, 2.75) is 13.3 Å². The minimum Gasteiger partial charge on any atom is -0.493 e. The van der Waals surface area contributed by atoms with Crippen molar-refractivity contribution < 1.29 is 23.9 Å². The van der Waals surface area contributed by atoms with E-state index < -0.39 is 17.8 Å². The monoisotopic (exact) mass is 492 g/mol. The first kappa shape index (κ1) is 21.9. The lowest BCUT2D eigenvalue weighted by atomic mass is 10.1. The predicted molar refractivity (Wildman–Crippen MR) is 117 cm³/mol. The van der Waals surface area contributed by atoms with Crippen LogP contribution in [0.3, 0.4) is 0 Å². The van der Waals surface area contributed by atoms with Gasteiger partial charge in [-0.3, -0.25) is 14.9 Å². The minimum atomic E-state index is -0.827. The molecule has 0 aliphatic carbocycles. The van der Waals surface area contributed by atoms with Crippen molar-refractivity contribution in [2.75, 3.05) is 18.6 Å². The Hall–Kier alpha value is -2.84. The summed E-state index contributed by atoms with van der Waals surface area (Å²) < 4.78 is 11.7. The quantitative estimate of drug-likeness (QED) is 0.471. The Morgan fingerprint density at radius 3 is 2.50 bits per heavy atom. The molecule has 3 rings (SSSR count). The van der Waals surface area contributed by atoms with Crippen molar-refractivity contribution in [3.63, 3.8) is 0 Å². The number of nitrogens with one attached hydrogen (secondary N) is 1. The maximum Gasteiger partial charge on any atom is 0.335 e. The zero-order valence-corrected chi connectivity index (χ0v) is 18.5. The number of hydrogen-bond donors (Lipinski definition) is 1. The number of anilines is 1. The van der Waals surface area contributed by atoms with Crippen molar-refractivity contribution in [1.82, 2.24) is 5.32 Å². The molecule has 7 nitrogen and oxygen atoms in total. The zero-order valence-electron chi connectivity index (χ0n) is 16.2. The van der Waals surface area contributed by atoms with E-state index in [1.807, 2.05) is 6.92 Å². The molecule has 1 aliphatic heterocycles. The van der Waals surface area contributed by atoms with E-state index in [1.165, 1.54) is 25.3 Å². The number of carbonyl (C=O) groups is 3. The minimum absolute atomic E-state index is 0.194. The van der Waals surface area contributed by atoms with E-state index in [0.717, 1.165) is 11.3 Å². The highest BCUT2D eigenvalue weighted by atomic mass is 79.9. The molecule has 0 atom stereocenters. The smallest absolute Gasteiger partial charge is 0.335 e. The molecule has 9 heteroatoms. The molecular weight excluding hydrogens is 476 g/mol. The van der Waals surface area contributed by atoms with Crippen LogP contribution in [0.4, 0.5) is 10.5 Å². The second kappa shape index (κ2) is 9.32. The summed E-state index contributed by atoms with van der Waals surface area (Å²) >= 11 is 9.31. The first-order valence-electron chi connectivity index (χ1n) is 9.03. The number of benzene rings is 2. The first-order chi connectivity index (χ1) is 14.3. The third-order valence-corrected chi connectivity index (χ3v) is 5.04. The standard InChI is InChI=1S/C21H18BrClN2O5/c1-3-8-30-18-16(22)10-12(11-17(18)29-2)9-15-19(26)24-21(28)25(20(15)27)14-6-4-13(23)5-7-14/h4-7,9-11H,3,8H2,1-2H3,(H,24,26,28)/b15-9+. The molecule has 1 fully saturated rings. The number of urea groups is 1. The number of imide groups is 2. The van der Waals surface area contributed by atoms with Crippen LogP contribution in [-0.2, 0) is 9.59 Å². The van der Waals surface area contributed by atoms with Crippen LogP contribution in [-0.4, -0.2) is 31.6 Å². The molecule has 0 radical (unpaired) electrons. The van der Waals surface area contributed by atoms with Crippen LogP contribution in [0.2, 0.25) is 5.02 Å². The van der Waals surface area contributed by atoms with Crippen LogP contribution in [0.25, 0.3) is 6.08 Å². The van der Waals surface area contributed by atoms with E-state index >= 15 is 0 Å². The molecule has 0 aromatic heterocycles. The van der Waals surface area contributed by atoms with Gasteiger partial charge in [-0.1, -0.05) is 18.5 Å². The van der Waals surface area contributed by atoms with Crippen LogP contribution in [0.5, 0.6) is 11.5 Å². The number of halogens is 2. The Morgan fingerprint density at radius 2 is 1.87 bits per heavy atom. The fourth-order valence-electron chi connectivity index (χ4n) is 2.82. The molecule has 0 unspecified atom stereocenters. The summed E-state index contributed by atoms with van der Waals surface area (Å²) in [5.41, 5.74) is 0.620.